The van der Waals surface area contributed by atoms with Gasteiger partial charge >= 0.3 is 0 Å². The average Bonchev–Trinajstić information content (AvgIpc) is 2.53. The second kappa shape index (κ2) is 7.79. The number of nitrogens with one attached hydrogen (secondary N) is 2. The monoisotopic (exact) mass is 330 g/mol. The predicted octanol–water partition coefficient (Wildman–Crippen LogP) is 3.26. The van der Waals surface area contributed by atoms with Crippen molar-refractivity contribution in [2.75, 3.05) is 6.54 Å². The van der Waals surface area contributed by atoms with E-state index in [-0.39, 0.29) is 24.4 Å². The fraction of sp³-hybridized carbons (Fsp3) is 0.222. The van der Waals surface area contributed by atoms with Crippen LogP contribution in [-0.2, 0) is 4.79 Å². The molecule has 0 saturated heterocycles. The molecule has 2 aromatic carbocycles. The standard InChI is InChI=1S/C18H19ClN2O2/c1-12-7-3-4-8-14(12)18(23)20-11-17(22)21-13(2)15-9-5-6-10-16(15)19/h3-10,13H,11H2,1-2H3,(H,20,23)(H,21,22). The average molecular weight is 331 g/mol. The summed E-state index contributed by atoms with van der Waals surface area (Å²) in [6.45, 7) is 3.62. The van der Waals surface area contributed by atoms with Crippen LogP contribution in [0.2, 0.25) is 5.02 Å². The molecule has 0 aliphatic heterocycles. The molecule has 120 valence electrons. The molecule has 0 fully saturated rings. The Morgan fingerprint density at radius 1 is 1.09 bits per heavy atom. The van der Waals surface area contributed by atoms with Gasteiger partial charge in [-0.05, 0) is 37.1 Å². The van der Waals surface area contributed by atoms with Gasteiger partial charge in [-0.15, -0.1) is 0 Å². The highest BCUT2D eigenvalue weighted by molar-refractivity contribution is 6.31. The molecule has 0 heterocycles. The van der Waals surface area contributed by atoms with Crippen molar-refractivity contribution >= 4 is 23.4 Å². The van der Waals surface area contributed by atoms with Crippen LogP contribution in [0.4, 0.5) is 0 Å². The van der Waals surface area contributed by atoms with Gasteiger partial charge < -0.3 is 10.6 Å². The smallest absolute Gasteiger partial charge is 0.251 e. The predicted molar refractivity (Wildman–Crippen MR) is 91.5 cm³/mol. The Morgan fingerprint density at radius 2 is 1.74 bits per heavy atom. The Bertz CT molecular complexity index is 716. The van der Waals surface area contributed by atoms with E-state index in [0.29, 0.717) is 10.6 Å². The molecular formula is C18H19ClN2O2. The maximum Gasteiger partial charge on any atom is 0.251 e. The minimum Gasteiger partial charge on any atom is -0.348 e. The van der Waals surface area contributed by atoms with Gasteiger partial charge in [0.15, 0.2) is 0 Å². The molecule has 0 aliphatic carbocycles. The summed E-state index contributed by atoms with van der Waals surface area (Å²) in [5.41, 5.74) is 2.28. The fourth-order valence-corrected chi connectivity index (χ4v) is 2.58. The van der Waals surface area contributed by atoms with Crippen molar-refractivity contribution in [3.63, 3.8) is 0 Å². The van der Waals surface area contributed by atoms with Crippen LogP contribution in [0.15, 0.2) is 48.5 Å². The molecule has 0 aliphatic rings. The lowest BCUT2D eigenvalue weighted by Gasteiger charge is -2.16. The SMILES string of the molecule is Cc1ccccc1C(=O)NCC(=O)NC(C)c1ccccc1Cl. The lowest BCUT2D eigenvalue weighted by Crippen LogP contribution is -2.38. The Morgan fingerprint density at radius 3 is 2.43 bits per heavy atom. The summed E-state index contributed by atoms with van der Waals surface area (Å²) < 4.78 is 0. The van der Waals surface area contributed by atoms with Crippen LogP contribution in [0.25, 0.3) is 0 Å². The zero-order valence-electron chi connectivity index (χ0n) is 13.1. The molecule has 0 saturated carbocycles. The van der Waals surface area contributed by atoms with Crippen molar-refractivity contribution in [3.05, 3.63) is 70.2 Å². The van der Waals surface area contributed by atoms with Gasteiger partial charge in [0.2, 0.25) is 5.91 Å². The van der Waals surface area contributed by atoms with Gasteiger partial charge in [0.05, 0.1) is 12.6 Å². The molecule has 1 unspecified atom stereocenters. The number of carbonyl (C=O) groups is 2. The Kier molecular flexibility index (Phi) is 5.77. The van der Waals surface area contributed by atoms with Gasteiger partial charge in [-0.2, -0.15) is 0 Å². The minimum atomic E-state index is -0.264. The van der Waals surface area contributed by atoms with Crippen molar-refractivity contribution in [3.8, 4) is 0 Å². The van der Waals surface area contributed by atoms with Gasteiger partial charge in [0.25, 0.3) is 5.91 Å². The van der Waals surface area contributed by atoms with E-state index >= 15 is 0 Å². The summed E-state index contributed by atoms with van der Waals surface area (Å²) in [6.07, 6.45) is 0. The second-order valence-corrected chi connectivity index (χ2v) is 5.72. The Balaban J connectivity index is 1.89. The van der Waals surface area contributed by atoms with Gasteiger partial charge in [-0.25, -0.2) is 0 Å². The number of hydrogen-bond acceptors (Lipinski definition) is 2. The minimum absolute atomic E-state index is 0.0814. The van der Waals surface area contributed by atoms with Crippen LogP contribution in [0.1, 0.15) is 34.5 Å². The summed E-state index contributed by atoms with van der Waals surface area (Å²) in [5, 5.41) is 6.05. The van der Waals surface area contributed by atoms with Crippen LogP contribution in [-0.4, -0.2) is 18.4 Å². The van der Waals surface area contributed by atoms with E-state index in [9.17, 15) is 9.59 Å². The lowest BCUT2D eigenvalue weighted by atomic mass is 10.1. The number of carbonyl (C=O) groups excluding carboxylic acids is 2. The number of halogens is 1. The first-order valence-corrected chi connectivity index (χ1v) is 7.74. The number of rotatable bonds is 5. The van der Waals surface area contributed by atoms with Gasteiger partial charge in [0, 0.05) is 10.6 Å². The topological polar surface area (TPSA) is 58.2 Å². The van der Waals surface area contributed by atoms with Crippen LogP contribution in [0.5, 0.6) is 0 Å². The maximum absolute atomic E-state index is 12.1. The first kappa shape index (κ1) is 17.0. The first-order valence-electron chi connectivity index (χ1n) is 7.36. The van der Waals surface area contributed by atoms with E-state index in [0.717, 1.165) is 11.1 Å². The largest absolute Gasteiger partial charge is 0.348 e. The quantitative estimate of drug-likeness (QED) is 0.884. The van der Waals surface area contributed by atoms with Gasteiger partial charge in [-0.1, -0.05) is 48.0 Å². The van der Waals surface area contributed by atoms with E-state index in [4.69, 9.17) is 11.6 Å². The molecular weight excluding hydrogens is 312 g/mol. The lowest BCUT2D eigenvalue weighted by molar-refractivity contribution is -0.120. The maximum atomic E-state index is 12.1. The highest BCUT2D eigenvalue weighted by atomic mass is 35.5. The van der Waals surface area contributed by atoms with Crippen LogP contribution >= 0.6 is 11.6 Å². The molecule has 5 heteroatoms. The normalized spacial score (nSPS) is 11.6. The van der Waals surface area contributed by atoms with Gasteiger partial charge in [-0.3, -0.25) is 9.59 Å². The third-order valence-corrected chi connectivity index (χ3v) is 3.89. The molecule has 0 bridgehead atoms. The van der Waals surface area contributed by atoms with E-state index in [1.165, 1.54) is 0 Å². The second-order valence-electron chi connectivity index (χ2n) is 5.31. The van der Waals surface area contributed by atoms with Crippen molar-refractivity contribution in [1.29, 1.82) is 0 Å². The summed E-state index contributed by atoms with van der Waals surface area (Å²) in [4.78, 5) is 24.1. The summed E-state index contributed by atoms with van der Waals surface area (Å²) >= 11 is 6.11. The highest BCUT2D eigenvalue weighted by Gasteiger charge is 2.14. The van der Waals surface area contributed by atoms with Crippen molar-refractivity contribution < 1.29 is 9.59 Å². The summed E-state index contributed by atoms with van der Waals surface area (Å²) in [5.74, 6) is -0.525. The van der Waals surface area contributed by atoms with Crippen molar-refractivity contribution in [2.45, 2.75) is 19.9 Å². The van der Waals surface area contributed by atoms with Crippen molar-refractivity contribution in [2.24, 2.45) is 0 Å². The van der Waals surface area contributed by atoms with E-state index in [1.54, 1.807) is 18.2 Å². The number of benzene rings is 2. The molecule has 1 atom stereocenters. The van der Waals surface area contributed by atoms with E-state index in [1.807, 2.05) is 44.2 Å². The van der Waals surface area contributed by atoms with Crippen LogP contribution in [0.3, 0.4) is 0 Å². The summed E-state index contributed by atoms with van der Waals surface area (Å²) in [7, 11) is 0. The third-order valence-electron chi connectivity index (χ3n) is 3.55. The van der Waals surface area contributed by atoms with Crippen LogP contribution in [0, 0.1) is 6.92 Å². The number of hydrogen-bond donors (Lipinski definition) is 2. The molecule has 2 aromatic rings. The Hall–Kier alpha value is -2.33. The van der Waals surface area contributed by atoms with Crippen LogP contribution < -0.4 is 10.6 Å². The zero-order valence-corrected chi connectivity index (χ0v) is 13.9. The number of amides is 2. The molecule has 0 radical (unpaired) electrons. The fourth-order valence-electron chi connectivity index (χ4n) is 2.28. The first-order chi connectivity index (χ1) is 11.0. The molecule has 0 aromatic heterocycles. The Labute approximate surface area is 140 Å². The molecule has 4 nitrogen and oxygen atoms in total. The van der Waals surface area contributed by atoms with E-state index < -0.39 is 0 Å². The molecule has 2 N–H and O–H groups in total. The third kappa shape index (κ3) is 4.57. The summed E-state index contributed by atoms with van der Waals surface area (Å²) in [6, 6.07) is 14.4. The highest BCUT2D eigenvalue weighted by Crippen LogP contribution is 2.21. The molecule has 0 spiro atoms. The van der Waals surface area contributed by atoms with Crippen molar-refractivity contribution in [1.82, 2.24) is 10.6 Å². The molecule has 2 amide bonds. The zero-order chi connectivity index (χ0) is 16.8. The van der Waals surface area contributed by atoms with E-state index in [2.05, 4.69) is 10.6 Å². The molecule has 2 rings (SSSR count). The number of aryl methyl sites for hydroxylation is 1. The molecule has 23 heavy (non-hydrogen) atoms. The van der Waals surface area contributed by atoms with Gasteiger partial charge in [0.1, 0.15) is 0 Å².